The molecule has 1 unspecified atom stereocenters. The number of hydrogen-bond donors (Lipinski definition) is 2. The maximum Gasteiger partial charge on any atom is 0.191 e. The number of guanidine groups is 1. The Morgan fingerprint density at radius 3 is 2.41 bits per heavy atom. The lowest BCUT2D eigenvalue weighted by Gasteiger charge is -2.19. The summed E-state index contributed by atoms with van der Waals surface area (Å²) in [7, 11) is 1.77. The summed E-state index contributed by atoms with van der Waals surface area (Å²) in [6.07, 6.45) is 0. The summed E-state index contributed by atoms with van der Waals surface area (Å²) < 4.78 is 5.74. The molecule has 6 heteroatoms. The van der Waals surface area contributed by atoms with E-state index in [2.05, 4.69) is 53.5 Å². The van der Waals surface area contributed by atoms with Gasteiger partial charge < -0.3 is 15.4 Å². The molecule has 148 valence electrons. The SMILES string of the molecule is CN=C(NCc1cccc(C)n1)NC(C)c1ccc(OCC(C)C)cc1.I. The van der Waals surface area contributed by atoms with E-state index < -0.39 is 0 Å². The predicted octanol–water partition coefficient (Wildman–Crippen LogP) is 4.47. The van der Waals surface area contributed by atoms with Crippen LogP contribution < -0.4 is 15.4 Å². The summed E-state index contributed by atoms with van der Waals surface area (Å²) in [4.78, 5) is 8.80. The zero-order chi connectivity index (χ0) is 18.9. The van der Waals surface area contributed by atoms with Gasteiger partial charge in [0.05, 0.1) is 24.9 Å². The lowest BCUT2D eigenvalue weighted by molar-refractivity contribution is 0.271. The third-order valence-electron chi connectivity index (χ3n) is 3.92. The highest BCUT2D eigenvalue weighted by atomic mass is 127. The molecule has 5 nitrogen and oxygen atoms in total. The van der Waals surface area contributed by atoms with E-state index in [1.165, 1.54) is 5.56 Å². The first-order chi connectivity index (χ1) is 12.5. The Labute approximate surface area is 180 Å². The van der Waals surface area contributed by atoms with Gasteiger partial charge in [0.25, 0.3) is 0 Å². The second-order valence-electron chi connectivity index (χ2n) is 6.84. The molecule has 0 aliphatic heterocycles. The number of halogens is 1. The van der Waals surface area contributed by atoms with Crippen molar-refractivity contribution in [3.8, 4) is 5.75 Å². The Kier molecular flexibility index (Phi) is 10.1. The van der Waals surface area contributed by atoms with Crippen LogP contribution in [0.4, 0.5) is 0 Å². The predicted molar refractivity (Wildman–Crippen MR) is 123 cm³/mol. The summed E-state index contributed by atoms with van der Waals surface area (Å²) >= 11 is 0. The Balaban J connectivity index is 0.00000364. The summed E-state index contributed by atoms with van der Waals surface area (Å²) in [5.41, 5.74) is 3.19. The number of pyridine rings is 1. The number of hydrogen-bond acceptors (Lipinski definition) is 3. The highest BCUT2D eigenvalue weighted by molar-refractivity contribution is 14.0. The van der Waals surface area contributed by atoms with Gasteiger partial charge in [-0.1, -0.05) is 32.0 Å². The molecule has 0 saturated heterocycles. The molecule has 0 aliphatic rings. The van der Waals surface area contributed by atoms with Gasteiger partial charge in [-0.25, -0.2) is 0 Å². The van der Waals surface area contributed by atoms with E-state index >= 15 is 0 Å². The third kappa shape index (κ3) is 8.15. The van der Waals surface area contributed by atoms with Crippen LogP contribution in [-0.2, 0) is 6.54 Å². The fourth-order valence-corrected chi connectivity index (χ4v) is 2.47. The van der Waals surface area contributed by atoms with Crippen molar-refractivity contribution in [1.82, 2.24) is 15.6 Å². The molecule has 1 heterocycles. The van der Waals surface area contributed by atoms with Crippen molar-refractivity contribution >= 4 is 29.9 Å². The fraction of sp³-hybridized carbons (Fsp3) is 0.429. The van der Waals surface area contributed by atoms with E-state index in [0.717, 1.165) is 29.7 Å². The van der Waals surface area contributed by atoms with Crippen LogP contribution in [0.15, 0.2) is 47.5 Å². The standard InChI is InChI=1S/C21H30N4O.HI/c1-15(2)14-26-20-11-9-18(10-12-20)17(4)25-21(22-5)23-13-19-8-6-7-16(3)24-19;/h6-12,15,17H,13-14H2,1-5H3,(H2,22,23,25);1H. The van der Waals surface area contributed by atoms with E-state index in [9.17, 15) is 0 Å². The van der Waals surface area contributed by atoms with Crippen molar-refractivity contribution in [2.75, 3.05) is 13.7 Å². The van der Waals surface area contributed by atoms with E-state index in [4.69, 9.17) is 4.74 Å². The number of rotatable bonds is 7. The molecular weight excluding hydrogens is 451 g/mol. The number of nitrogens with one attached hydrogen (secondary N) is 2. The van der Waals surface area contributed by atoms with Crippen molar-refractivity contribution in [2.24, 2.45) is 10.9 Å². The summed E-state index contributed by atoms with van der Waals surface area (Å²) in [5.74, 6) is 2.18. The molecule has 1 atom stereocenters. The van der Waals surface area contributed by atoms with Gasteiger partial charge in [-0.05, 0) is 49.6 Å². The normalized spacial score (nSPS) is 12.3. The smallest absolute Gasteiger partial charge is 0.191 e. The molecule has 0 bridgehead atoms. The zero-order valence-corrected chi connectivity index (χ0v) is 19.2. The van der Waals surface area contributed by atoms with Gasteiger partial charge >= 0.3 is 0 Å². The van der Waals surface area contributed by atoms with Gasteiger partial charge in [0.1, 0.15) is 5.75 Å². The molecule has 1 aromatic carbocycles. The Hall–Kier alpha value is -1.83. The van der Waals surface area contributed by atoms with Crippen LogP contribution in [0.3, 0.4) is 0 Å². The van der Waals surface area contributed by atoms with Gasteiger partial charge in [0.15, 0.2) is 5.96 Å². The van der Waals surface area contributed by atoms with Crippen molar-refractivity contribution < 1.29 is 4.74 Å². The number of nitrogens with zero attached hydrogens (tertiary/aromatic N) is 2. The third-order valence-corrected chi connectivity index (χ3v) is 3.92. The molecule has 1 aromatic heterocycles. The molecule has 0 aliphatic carbocycles. The minimum Gasteiger partial charge on any atom is -0.493 e. The Morgan fingerprint density at radius 1 is 1.11 bits per heavy atom. The van der Waals surface area contributed by atoms with Gasteiger partial charge in [-0.2, -0.15) is 0 Å². The van der Waals surface area contributed by atoms with Crippen molar-refractivity contribution in [3.63, 3.8) is 0 Å². The molecule has 2 aromatic rings. The molecule has 0 radical (unpaired) electrons. The zero-order valence-electron chi connectivity index (χ0n) is 16.8. The van der Waals surface area contributed by atoms with E-state index in [-0.39, 0.29) is 30.0 Å². The Bertz CT molecular complexity index is 716. The summed E-state index contributed by atoms with van der Waals surface area (Å²) in [6, 6.07) is 14.4. The minimum atomic E-state index is 0. The number of benzene rings is 1. The van der Waals surface area contributed by atoms with E-state index in [0.29, 0.717) is 12.5 Å². The van der Waals surface area contributed by atoms with Crippen LogP contribution in [0.5, 0.6) is 5.75 Å². The molecule has 0 fully saturated rings. The number of aliphatic imine (C=N–C) groups is 1. The Morgan fingerprint density at radius 2 is 1.81 bits per heavy atom. The van der Waals surface area contributed by atoms with Crippen LogP contribution in [0.25, 0.3) is 0 Å². The summed E-state index contributed by atoms with van der Waals surface area (Å²) in [5, 5.41) is 6.72. The molecule has 0 saturated carbocycles. The molecule has 2 rings (SSSR count). The molecule has 0 amide bonds. The highest BCUT2D eigenvalue weighted by Crippen LogP contribution is 2.18. The lowest BCUT2D eigenvalue weighted by Crippen LogP contribution is -2.38. The van der Waals surface area contributed by atoms with Crippen LogP contribution in [0.2, 0.25) is 0 Å². The second-order valence-corrected chi connectivity index (χ2v) is 6.84. The molecular formula is C21H31IN4O. The van der Waals surface area contributed by atoms with Gasteiger partial charge in [-0.15, -0.1) is 24.0 Å². The topological polar surface area (TPSA) is 58.5 Å². The van der Waals surface area contributed by atoms with Crippen molar-refractivity contribution in [2.45, 2.75) is 40.3 Å². The van der Waals surface area contributed by atoms with Crippen molar-refractivity contribution in [3.05, 3.63) is 59.4 Å². The second kappa shape index (κ2) is 11.8. The highest BCUT2D eigenvalue weighted by Gasteiger charge is 2.08. The first-order valence-corrected chi connectivity index (χ1v) is 9.10. The number of aromatic nitrogens is 1. The van der Waals surface area contributed by atoms with E-state index in [1.54, 1.807) is 7.05 Å². The largest absolute Gasteiger partial charge is 0.493 e. The van der Waals surface area contributed by atoms with Crippen LogP contribution in [0, 0.1) is 12.8 Å². The molecule has 2 N–H and O–H groups in total. The van der Waals surface area contributed by atoms with Crippen LogP contribution >= 0.6 is 24.0 Å². The first kappa shape index (κ1) is 23.2. The average Bonchev–Trinajstić information content (AvgIpc) is 2.63. The lowest BCUT2D eigenvalue weighted by atomic mass is 10.1. The fourth-order valence-electron chi connectivity index (χ4n) is 2.47. The average molecular weight is 482 g/mol. The number of ether oxygens (including phenoxy) is 1. The van der Waals surface area contributed by atoms with Crippen molar-refractivity contribution in [1.29, 1.82) is 0 Å². The molecule has 0 spiro atoms. The first-order valence-electron chi connectivity index (χ1n) is 9.10. The van der Waals surface area contributed by atoms with Gasteiger partial charge in [0.2, 0.25) is 0 Å². The van der Waals surface area contributed by atoms with Crippen LogP contribution in [-0.4, -0.2) is 24.6 Å². The minimum absolute atomic E-state index is 0. The summed E-state index contributed by atoms with van der Waals surface area (Å²) in [6.45, 7) is 9.76. The van der Waals surface area contributed by atoms with Gasteiger partial charge in [-0.3, -0.25) is 9.98 Å². The maximum atomic E-state index is 5.74. The van der Waals surface area contributed by atoms with E-state index in [1.807, 2.05) is 37.3 Å². The monoisotopic (exact) mass is 482 g/mol. The van der Waals surface area contributed by atoms with Crippen LogP contribution in [0.1, 0.15) is 43.8 Å². The number of aryl methyl sites for hydroxylation is 1. The van der Waals surface area contributed by atoms with Gasteiger partial charge in [0, 0.05) is 12.7 Å². The molecule has 27 heavy (non-hydrogen) atoms. The quantitative estimate of drug-likeness (QED) is 0.348. The maximum absolute atomic E-state index is 5.74.